The Morgan fingerprint density at radius 1 is 0.782 bits per heavy atom. The van der Waals surface area contributed by atoms with Crippen molar-refractivity contribution in [3.8, 4) is 0 Å². The fourth-order valence-electron chi connectivity index (χ4n) is 10.00. The second-order valence-corrected chi connectivity index (χ2v) is 20.1. The topological polar surface area (TPSA) is 0 Å². The summed E-state index contributed by atoms with van der Waals surface area (Å²) in [5, 5.41) is 0. The molecule has 3 atom stereocenters. The summed E-state index contributed by atoms with van der Waals surface area (Å²) in [6.45, 7) is 29.2. The van der Waals surface area contributed by atoms with E-state index in [1.165, 1.54) is 68.1 Å². The van der Waals surface area contributed by atoms with E-state index in [2.05, 4.69) is 198 Å². The van der Waals surface area contributed by atoms with E-state index in [0.717, 1.165) is 6.42 Å². The first-order chi connectivity index (χ1) is 24.9. The van der Waals surface area contributed by atoms with Crippen LogP contribution in [0.25, 0.3) is 5.57 Å². The molecule has 55 heavy (non-hydrogen) atoms. The Morgan fingerprint density at radius 3 is 1.84 bits per heavy atom. The summed E-state index contributed by atoms with van der Waals surface area (Å²) in [7, 11) is 0. The van der Waals surface area contributed by atoms with Crippen molar-refractivity contribution >= 4 is 8.78 Å². The van der Waals surface area contributed by atoms with Gasteiger partial charge >= 0.3 is 99.2 Å². The van der Waals surface area contributed by atoms with Gasteiger partial charge in [-0.2, -0.15) is 22.8 Å². The summed E-state index contributed by atoms with van der Waals surface area (Å²) in [6.07, 6.45) is 16.2. The van der Waals surface area contributed by atoms with Gasteiger partial charge in [-0.3, -0.25) is 6.08 Å². The van der Waals surface area contributed by atoms with E-state index in [0.29, 0.717) is 17.3 Å². The molecule has 3 heteroatoms. The third-order valence-corrected chi connectivity index (χ3v) is 16.1. The number of hydrogen-bond acceptors (Lipinski definition) is 0. The molecule has 1 saturated carbocycles. The molecule has 0 radical (unpaired) electrons. The van der Waals surface area contributed by atoms with Crippen molar-refractivity contribution in [3.63, 3.8) is 0 Å². The summed E-state index contributed by atoms with van der Waals surface area (Å²) >= 11 is 1.46. The number of hydrogen-bond donors (Lipinski definition) is 0. The molecule has 8 rings (SSSR count). The van der Waals surface area contributed by atoms with Crippen LogP contribution in [0.3, 0.4) is 0 Å². The number of benzene rings is 3. The van der Waals surface area contributed by atoms with E-state index in [1.807, 2.05) is 0 Å². The van der Waals surface area contributed by atoms with Crippen molar-refractivity contribution < 1.29 is 49.0 Å². The Hall–Kier alpha value is -2.44. The zero-order valence-electron chi connectivity index (χ0n) is 35.4. The van der Waals surface area contributed by atoms with E-state index < -0.39 is 0 Å². The fourth-order valence-corrected chi connectivity index (χ4v) is 10.8. The van der Waals surface area contributed by atoms with Gasteiger partial charge in [0.25, 0.3) is 0 Å². The molecule has 0 saturated heterocycles. The van der Waals surface area contributed by atoms with Crippen LogP contribution in [0, 0.1) is 50.9 Å². The summed E-state index contributed by atoms with van der Waals surface area (Å²) in [4.78, 5) is 0. The Bertz CT molecular complexity index is 1970. The van der Waals surface area contributed by atoms with Crippen molar-refractivity contribution in [2.24, 2.45) is 38.9 Å². The average Bonchev–Trinajstić information content (AvgIpc) is 3.76. The maximum absolute atomic E-state index is 3.26. The number of fused-ring (bicyclic) bond motifs is 6. The van der Waals surface area contributed by atoms with Crippen LogP contribution in [0.2, 0.25) is 0 Å². The van der Waals surface area contributed by atoms with Gasteiger partial charge < -0.3 is 24.8 Å². The van der Waals surface area contributed by atoms with Gasteiger partial charge in [-0.05, 0) is 40.6 Å². The van der Waals surface area contributed by atoms with Crippen LogP contribution in [0.15, 0.2) is 132 Å². The van der Waals surface area contributed by atoms with E-state index in [9.17, 15) is 0 Å². The van der Waals surface area contributed by atoms with Gasteiger partial charge in [0.15, 0.2) is 0 Å². The Kier molecular flexibility index (Phi) is 13.8. The average molecular weight is 849 g/mol. The van der Waals surface area contributed by atoms with E-state index in [-0.39, 0.29) is 46.5 Å². The standard InChI is InChI=1S/C29H37.C13H10.C10H15.2ClH.Zr/c1-18-25-22-17-19-13-9-10-14-20(19)24(22)21-15-11-12-16-23(21)29(25,8)28(6,7)27(4,5)26(18,2)3;1-3-7-12(8-4-1)11-13-9-5-2-6-10-13;1-8-5-6-9(7-8)10(2,3)4;;;/h9-11,13-15,23H,12,16-17H2,1-8H3;1-10H;6-8H,1-4H3;2*1H;/q-1;;-1;;;+2/p-2. The molecule has 3 aromatic carbocycles. The van der Waals surface area contributed by atoms with Crippen molar-refractivity contribution in [1.82, 2.24) is 0 Å². The predicted octanol–water partition coefficient (Wildman–Crippen LogP) is 7.74. The molecule has 1 fully saturated rings. The molecule has 0 aliphatic heterocycles. The monoisotopic (exact) mass is 846 g/mol. The van der Waals surface area contributed by atoms with Gasteiger partial charge in [-0.25, -0.2) is 12.0 Å². The van der Waals surface area contributed by atoms with Gasteiger partial charge in [0.05, 0.1) is 0 Å². The predicted molar refractivity (Wildman–Crippen MR) is 225 cm³/mol. The van der Waals surface area contributed by atoms with Crippen molar-refractivity contribution in [2.75, 3.05) is 0 Å². The molecule has 5 aliphatic rings. The molecular formula is C52H62Cl2Zr-2. The van der Waals surface area contributed by atoms with Crippen LogP contribution in [-0.2, 0) is 30.7 Å². The number of rotatable bonds is 2. The molecule has 290 valence electrons. The first-order valence-electron chi connectivity index (χ1n) is 19.9. The molecule has 0 aromatic heterocycles. The summed E-state index contributed by atoms with van der Waals surface area (Å²) in [5.74, 6) is 2.76. The minimum absolute atomic E-state index is 0. The molecule has 0 nitrogen and oxygen atoms in total. The molecule has 0 amide bonds. The minimum atomic E-state index is 0. The molecule has 0 spiro atoms. The molecule has 0 bridgehead atoms. The second kappa shape index (κ2) is 16.8. The van der Waals surface area contributed by atoms with Gasteiger partial charge in [0.1, 0.15) is 0 Å². The molecule has 0 heterocycles. The van der Waals surface area contributed by atoms with Gasteiger partial charge in [-0.1, -0.05) is 152 Å². The Morgan fingerprint density at radius 2 is 1.33 bits per heavy atom. The fraction of sp³-hybridized carbons (Fsp3) is 0.423. The quantitative estimate of drug-likeness (QED) is 0.232. The zero-order valence-corrected chi connectivity index (χ0v) is 39.4. The third-order valence-electron chi connectivity index (χ3n) is 14.7. The van der Waals surface area contributed by atoms with Crippen molar-refractivity contribution in [3.05, 3.63) is 166 Å². The zero-order chi connectivity index (χ0) is 38.6. The van der Waals surface area contributed by atoms with E-state index >= 15 is 0 Å². The van der Waals surface area contributed by atoms with Crippen molar-refractivity contribution in [2.45, 2.75) is 102 Å². The first-order valence-corrected chi connectivity index (χ1v) is 21.2. The van der Waals surface area contributed by atoms with Gasteiger partial charge in [0, 0.05) is 0 Å². The van der Waals surface area contributed by atoms with Gasteiger partial charge in [-0.15, -0.1) is 6.92 Å². The number of halogens is 2. The normalized spacial score (nSPS) is 24.6. The molecule has 0 N–H and O–H groups in total. The van der Waals surface area contributed by atoms with Crippen LogP contribution in [0.5, 0.6) is 0 Å². The number of allylic oxidation sites excluding steroid dienone is 10. The summed E-state index contributed by atoms with van der Waals surface area (Å²) in [5.41, 5.74) is 14.7. The Balaban J connectivity index is 0.000000215. The Labute approximate surface area is 362 Å². The van der Waals surface area contributed by atoms with E-state index in [4.69, 9.17) is 0 Å². The summed E-state index contributed by atoms with van der Waals surface area (Å²) < 4.78 is 1.42. The van der Waals surface area contributed by atoms with Crippen LogP contribution < -0.4 is 24.8 Å². The van der Waals surface area contributed by atoms with Crippen LogP contribution >= 0.6 is 0 Å². The van der Waals surface area contributed by atoms with Crippen LogP contribution in [0.1, 0.15) is 118 Å². The van der Waals surface area contributed by atoms with E-state index in [1.54, 1.807) is 28.2 Å². The van der Waals surface area contributed by atoms with Crippen LogP contribution in [0.4, 0.5) is 0 Å². The molecular weight excluding hydrogens is 787 g/mol. The van der Waals surface area contributed by atoms with Crippen molar-refractivity contribution in [1.29, 1.82) is 0 Å². The maximum atomic E-state index is 3.26. The van der Waals surface area contributed by atoms with Crippen LogP contribution in [-0.4, -0.2) is 3.21 Å². The molecule has 5 aliphatic carbocycles. The first kappa shape index (κ1) is 45.3. The molecule has 3 unspecified atom stereocenters. The SMILES string of the molecule is CC1[C-]=CC(C(C)(C)C)=C1.C[C-]1C2=C3Cc4ccccc4C3=C3C=CCCC3C2(C)C(C)(C)C(C)(C)C1(C)C.[Cl-].[Cl-].[Zr+2]=[C](c1ccccc1)c1ccccc1. The second-order valence-electron chi connectivity index (χ2n) is 18.8. The summed E-state index contributed by atoms with van der Waals surface area (Å²) in [6, 6.07) is 30.3. The van der Waals surface area contributed by atoms with Gasteiger partial charge in [0.2, 0.25) is 0 Å². The third kappa shape index (κ3) is 7.78. The molecule has 3 aromatic rings.